The fourth-order valence-electron chi connectivity index (χ4n) is 2.10. The van der Waals surface area contributed by atoms with Gasteiger partial charge < -0.3 is 15.2 Å². The molecule has 1 amide bonds. The minimum Gasteiger partial charge on any atom is -0.358 e. The van der Waals surface area contributed by atoms with Crippen molar-refractivity contribution in [3.63, 3.8) is 0 Å². The lowest BCUT2D eigenvalue weighted by Gasteiger charge is -2.10. The number of aromatic nitrogens is 1. The van der Waals surface area contributed by atoms with Crippen molar-refractivity contribution in [1.29, 1.82) is 0 Å². The van der Waals surface area contributed by atoms with Gasteiger partial charge in [-0.3, -0.25) is 4.79 Å². The molecular weight excluding hydrogens is 262 g/mol. The number of nitrogens with zero attached hydrogens (tertiary/aromatic N) is 1. The summed E-state index contributed by atoms with van der Waals surface area (Å²) in [5.41, 5.74) is 2.37. The molecule has 1 heterocycles. The molecule has 1 aromatic heterocycles. The second-order valence-electron chi connectivity index (χ2n) is 4.85. The van der Waals surface area contributed by atoms with Crippen molar-refractivity contribution < 1.29 is 4.79 Å². The Balaban J connectivity index is 2.29. The van der Waals surface area contributed by atoms with Crippen LogP contribution in [0.5, 0.6) is 0 Å². The van der Waals surface area contributed by atoms with Gasteiger partial charge in [-0.15, -0.1) is 0 Å². The molecule has 102 valence electrons. The predicted molar refractivity (Wildman–Crippen MR) is 78.9 cm³/mol. The average Bonchev–Trinajstić information content (AvgIpc) is 2.66. The fourth-order valence-corrected chi connectivity index (χ4v) is 2.37. The highest BCUT2D eigenvalue weighted by Crippen LogP contribution is 2.28. The number of halogens is 1. The van der Waals surface area contributed by atoms with Crippen LogP contribution in [0.4, 0.5) is 0 Å². The molecule has 0 unspecified atom stereocenters. The van der Waals surface area contributed by atoms with Crippen LogP contribution in [0.1, 0.15) is 16.1 Å². The third-order valence-electron chi connectivity index (χ3n) is 3.03. The van der Waals surface area contributed by atoms with Crippen LogP contribution in [0.2, 0.25) is 5.02 Å². The van der Waals surface area contributed by atoms with E-state index in [1.807, 2.05) is 38.1 Å². The molecule has 0 aliphatic carbocycles. The maximum absolute atomic E-state index is 12.3. The summed E-state index contributed by atoms with van der Waals surface area (Å²) >= 11 is 6.20. The van der Waals surface area contributed by atoms with Crippen LogP contribution in [-0.4, -0.2) is 43.0 Å². The van der Waals surface area contributed by atoms with Crippen LogP contribution in [0.3, 0.4) is 0 Å². The van der Waals surface area contributed by atoms with Crippen molar-refractivity contribution in [3.05, 3.63) is 34.5 Å². The van der Waals surface area contributed by atoms with E-state index in [0.29, 0.717) is 17.1 Å². The highest BCUT2D eigenvalue weighted by Gasteiger charge is 2.17. The topological polar surface area (TPSA) is 48.1 Å². The molecule has 1 aromatic carbocycles. The third-order valence-corrected chi connectivity index (χ3v) is 3.35. The zero-order valence-corrected chi connectivity index (χ0v) is 12.1. The summed E-state index contributed by atoms with van der Waals surface area (Å²) in [6.07, 6.45) is 0. The van der Waals surface area contributed by atoms with Crippen LogP contribution >= 0.6 is 11.6 Å². The lowest BCUT2D eigenvalue weighted by Crippen LogP contribution is -2.31. The summed E-state index contributed by atoms with van der Waals surface area (Å²) in [5, 5.41) is 4.31. The Labute approximate surface area is 117 Å². The number of carbonyl (C=O) groups is 1. The highest BCUT2D eigenvalue weighted by molar-refractivity contribution is 6.37. The second kappa shape index (κ2) is 5.63. The molecule has 5 heteroatoms. The van der Waals surface area contributed by atoms with E-state index in [1.165, 1.54) is 0 Å². The van der Waals surface area contributed by atoms with Crippen molar-refractivity contribution in [2.24, 2.45) is 0 Å². The van der Waals surface area contributed by atoms with E-state index in [0.717, 1.165) is 23.1 Å². The molecule has 0 radical (unpaired) electrons. The van der Waals surface area contributed by atoms with Gasteiger partial charge in [-0.1, -0.05) is 17.7 Å². The van der Waals surface area contributed by atoms with Crippen LogP contribution in [0.25, 0.3) is 10.9 Å². The van der Waals surface area contributed by atoms with Gasteiger partial charge in [0, 0.05) is 29.7 Å². The van der Waals surface area contributed by atoms with Crippen molar-refractivity contribution in [3.8, 4) is 0 Å². The second-order valence-corrected chi connectivity index (χ2v) is 5.25. The predicted octanol–water partition coefficient (Wildman–Crippen LogP) is 2.42. The number of rotatable bonds is 4. The van der Waals surface area contributed by atoms with Crippen molar-refractivity contribution in [2.45, 2.75) is 6.92 Å². The molecule has 0 atom stereocenters. The Kier molecular flexibility index (Phi) is 4.12. The van der Waals surface area contributed by atoms with Gasteiger partial charge in [-0.2, -0.15) is 0 Å². The SMILES string of the molecule is Cc1[nH]c2cccc(Cl)c2c1C(=O)NCCN(C)C. The Morgan fingerprint density at radius 3 is 2.84 bits per heavy atom. The van der Waals surface area contributed by atoms with E-state index in [1.54, 1.807) is 6.07 Å². The molecule has 0 spiro atoms. The van der Waals surface area contributed by atoms with E-state index in [4.69, 9.17) is 11.6 Å². The summed E-state index contributed by atoms with van der Waals surface area (Å²) in [6.45, 7) is 3.31. The summed E-state index contributed by atoms with van der Waals surface area (Å²) in [6, 6.07) is 5.59. The zero-order valence-electron chi connectivity index (χ0n) is 11.4. The van der Waals surface area contributed by atoms with Gasteiger partial charge in [-0.05, 0) is 33.2 Å². The number of H-pyrrole nitrogens is 1. The largest absolute Gasteiger partial charge is 0.358 e. The van der Waals surface area contributed by atoms with Gasteiger partial charge in [0.15, 0.2) is 0 Å². The number of nitrogens with one attached hydrogen (secondary N) is 2. The zero-order chi connectivity index (χ0) is 14.0. The summed E-state index contributed by atoms with van der Waals surface area (Å²) in [4.78, 5) is 17.5. The van der Waals surface area contributed by atoms with E-state index >= 15 is 0 Å². The molecular formula is C14H18ClN3O. The summed E-state index contributed by atoms with van der Waals surface area (Å²) in [7, 11) is 3.94. The smallest absolute Gasteiger partial charge is 0.253 e. The fraction of sp³-hybridized carbons (Fsp3) is 0.357. The van der Waals surface area contributed by atoms with Crippen LogP contribution in [-0.2, 0) is 0 Å². The molecule has 2 N–H and O–H groups in total. The van der Waals surface area contributed by atoms with Crippen LogP contribution < -0.4 is 5.32 Å². The number of carbonyl (C=O) groups excluding carboxylic acids is 1. The number of fused-ring (bicyclic) bond motifs is 1. The Hall–Kier alpha value is -1.52. The normalized spacial score (nSPS) is 11.2. The summed E-state index contributed by atoms with van der Waals surface area (Å²) in [5.74, 6) is -0.0845. The molecule has 0 fully saturated rings. The summed E-state index contributed by atoms with van der Waals surface area (Å²) < 4.78 is 0. The first-order valence-electron chi connectivity index (χ1n) is 6.20. The minimum atomic E-state index is -0.0845. The van der Waals surface area contributed by atoms with E-state index in [9.17, 15) is 4.79 Å². The molecule has 4 nitrogen and oxygen atoms in total. The standard InChI is InChI=1S/C14H18ClN3O/c1-9-12(14(19)16-7-8-18(2)3)13-10(15)5-4-6-11(13)17-9/h4-6,17H,7-8H2,1-3H3,(H,16,19). The van der Waals surface area contributed by atoms with Crippen molar-refractivity contribution >= 4 is 28.4 Å². The van der Waals surface area contributed by atoms with Crippen molar-refractivity contribution in [1.82, 2.24) is 15.2 Å². The van der Waals surface area contributed by atoms with E-state index in [-0.39, 0.29) is 5.91 Å². The van der Waals surface area contributed by atoms with Gasteiger partial charge in [0.1, 0.15) is 0 Å². The highest BCUT2D eigenvalue weighted by atomic mass is 35.5. The monoisotopic (exact) mass is 279 g/mol. The van der Waals surface area contributed by atoms with Crippen molar-refractivity contribution in [2.75, 3.05) is 27.2 Å². The molecule has 2 aromatic rings. The number of benzene rings is 1. The number of hydrogen-bond donors (Lipinski definition) is 2. The molecule has 0 saturated carbocycles. The number of hydrogen-bond acceptors (Lipinski definition) is 2. The number of amides is 1. The Morgan fingerprint density at radius 1 is 1.42 bits per heavy atom. The maximum Gasteiger partial charge on any atom is 0.253 e. The van der Waals surface area contributed by atoms with Crippen LogP contribution in [0.15, 0.2) is 18.2 Å². The van der Waals surface area contributed by atoms with E-state index in [2.05, 4.69) is 10.3 Å². The number of aromatic amines is 1. The maximum atomic E-state index is 12.3. The molecule has 0 aliphatic rings. The Morgan fingerprint density at radius 2 is 2.16 bits per heavy atom. The first-order chi connectivity index (χ1) is 9.00. The first kappa shape index (κ1) is 13.9. The average molecular weight is 280 g/mol. The van der Waals surface area contributed by atoms with Gasteiger partial charge in [0.05, 0.1) is 10.6 Å². The van der Waals surface area contributed by atoms with Crippen LogP contribution in [0, 0.1) is 6.92 Å². The molecule has 19 heavy (non-hydrogen) atoms. The van der Waals surface area contributed by atoms with Gasteiger partial charge in [0.25, 0.3) is 5.91 Å². The van der Waals surface area contributed by atoms with Gasteiger partial charge >= 0.3 is 0 Å². The molecule has 2 rings (SSSR count). The lowest BCUT2D eigenvalue weighted by atomic mass is 10.1. The van der Waals surface area contributed by atoms with Gasteiger partial charge in [0.2, 0.25) is 0 Å². The molecule has 0 aliphatic heterocycles. The minimum absolute atomic E-state index is 0.0845. The van der Waals surface area contributed by atoms with Gasteiger partial charge in [-0.25, -0.2) is 0 Å². The lowest BCUT2D eigenvalue weighted by molar-refractivity contribution is 0.0952. The first-order valence-corrected chi connectivity index (χ1v) is 6.58. The number of aryl methyl sites for hydroxylation is 1. The van der Waals surface area contributed by atoms with E-state index < -0.39 is 0 Å². The number of likely N-dealkylation sites (N-methyl/N-ethyl adjacent to an activating group) is 1. The molecule has 0 saturated heterocycles. The quantitative estimate of drug-likeness (QED) is 0.903. The molecule has 0 bridgehead atoms. The third kappa shape index (κ3) is 2.91. The Bertz CT molecular complexity index is 604.